The fraction of sp³-hybridized carbons (Fsp3) is 0.226. The van der Waals surface area contributed by atoms with Crippen LogP contribution in [0.2, 0.25) is 0 Å². The molecule has 0 aliphatic carbocycles. The number of hydrazone groups is 1. The standard InChI is InChI=1S/C31H30N4O3S/c1-20-5-9-22(10-6-20)29-34-35-27(32)26(28(36)33-30(35)39-29)19-21-7-13-24(14-8-21)37-17-18-38-25-15-11-23(12-16-25)31(2,3)4/h5-16,19,32H,17-18H2,1-4H3/b26-19+,32-27?. The topological polar surface area (TPSA) is 87.3 Å². The van der Waals surface area contributed by atoms with E-state index in [4.69, 9.17) is 14.9 Å². The number of aliphatic imine (C=N–C) groups is 1. The first-order valence-corrected chi connectivity index (χ1v) is 13.5. The Labute approximate surface area is 232 Å². The molecule has 2 aliphatic heterocycles. The van der Waals surface area contributed by atoms with E-state index in [1.54, 1.807) is 6.08 Å². The zero-order valence-electron chi connectivity index (χ0n) is 22.4. The molecule has 3 aromatic rings. The maximum Gasteiger partial charge on any atom is 0.283 e. The lowest BCUT2D eigenvalue weighted by Crippen LogP contribution is -2.35. The molecular formula is C31H30N4O3S. The first kappa shape index (κ1) is 26.4. The largest absolute Gasteiger partial charge is 0.490 e. The molecule has 3 aromatic carbocycles. The van der Waals surface area contributed by atoms with Crippen molar-refractivity contribution < 1.29 is 14.3 Å². The van der Waals surface area contributed by atoms with Gasteiger partial charge in [0, 0.05) is 5.56 Å². The summed E-state index contributed by atoms with van der Waals surface area (Å²) in [5.74, 6) is 1.06. The molecule has 7 nitrogen and oxygen atoms in total. The number of amides is 1. The number of ether oxygens (including phenoxy) is 2. The number of thioether (sulfide) groups is 1. The second-order valence-corrected chi connectivity index (χ2v) is 11.3. The summed E-state index contributed by atoms with van der Waals surface area (Å²) in [4.78, 5) is 16.9. The molecule has 0 saturated heterocycles. The molecule has 0 spiro atoms. The van der Waals surface area contributed by atoms with Gasteiger partial charge in [0.1, 0.15) is 29.8 Å². The zero-order valence-corrected chi connectivity index (χ0v) is 23.2. The van der Waals surface area contributed by atoms with Gasteiger partial charge >= 0.3 is 0 Å². The molecule has 0 fully saturated rings. The van der Waals surface area contributed by atoms with E-state index >= 15 is 0 Å². The van der Waals surface area contributed by atoms with Crippen LogP contribution in [0.25, 0.3) is 6.08 Å². The summed E-state index contributed by atoms with van der Waals surface area (Å²) >= 11 is 1.29. The van der Waals surface area contributed by atoms with Crippen molar-refractivity contribution in [1.29, 1.82) is 5.41 Å². The summed E-state index contributed by atoms with van der Waals surface area (Å²) in [6.07, 6.45) is 1.66. The Kier molecular flexibility index (Phi) is 7.39. The van der Waals surface area contributed by atoms with Crippen molar-refractivity contribution in [2.45, 2.75) is 33.1 Å². The van der Waals surface area contributed by atoms with Gasteiger partial charge in [-0.15, -0.1) is 0 Å². The molecule has 8 heteroatoms. The second-order valence-electron chi connectivity index (χ2n) is 10.3. The Bertz CT molecular complexity index is 1480. The van der Waals surface area contributed by atoms with E-state index in [1.165, 1.54) is 22.3 Å². The van der Waals surface area contributed by atoms with E-state index in [1.807, 2.05) is 67.6 Å². The number of nitrogens with zero attached hydrogens (tertiary/aromatic N) is 3. The van der Waals surface area contributed by atoms with Crippen LogP contribution in [0.1, 0.15) is 43.0 Å². The highest BCUT2D eigenvalue weighted by atomic mass is 32.2. The van der Waals surface area contributed by atoms with Crippen molar-refractivity contribution >= 4 is 39.8 Å². The van der Waals surface area contributed by atoms with Crippen molar-refractivity contribution in [3.05, 3.63) is 101 Å². The predicted octanol–water partition coefficient (Wildman–Crippen LogP) is 6.42. The highest BCUT2D eigenvalue weighted by Gasteiger charge is 2.36. The Morgan fingerprint density at radius 3 is 2.08 bits per heavy atom. The van der Waals surface area contributed by atoms with Gasteiger partial charge in [-0.3, -0.25) is 10.2 Å². The summed E-state index contributed by atoms with van der Waals surface area (Å²) in [5.41, 5.74) is 4.39. The third-order valence-corrected chi connectivity index (χ3v) is 7.24. The van der Waals surface area contributed by atoms with E-state index in [2.05, 4.69) is 43.0 Å². The number of hydrogen-bond acceptors (Lipinski definition) is 6. The van der Waals surface area contributed by atoms with Crippen LogP contribution >= 0.6 is 11.8 Å². The summed E-state index contributed by atoms with van der Waals surface area (Å²) in [6.45, 7) is 9.39. The monoisotopic (exact) mass is 538 g/mol. The van der Waals surface area contributed by atoms with Gasteiger partial charge in [0.05, 0.1) is 5.57 Å². The van der Waals surface area contributed by atoms with Gasteiger partial charge in [-0.25, -0.2) is 0 Å². The average Bonchev–Trinajstić information content (AvgIpc) is 3.34. The minimum absolute atomic E-state index is 0.00706. The SMILES string of the molecule is Cc1ccc(C2=NN3C(=N)/C(=C\c4ccc(OCCOc5ccc(C(C)(C)C)cc5)cc4)C(=O)N=C3S2)cc1. The summed E-state index contributed by atoms with van der Waals surface area (Å²) < 4.78 is 11.6. The first-order valence-electron chi connectivity index (χ1n) is 12.7. The van der Waals surface area contributed by atoms with Crippen LogP contribution in [0.3, 0.4) is 0 Å². The maximum absolute atomic E-state index is 12.7. The van der Waals surface area contributed by atoms with Crippen LogP contribution in [-0.4, -0.2) is 40.2 Å². The number of rotatable bonds is 7. The van der Waals surface area contributed by atoms with E-state index in [9.17, 15) is 4.79 Å². The minimum Gasteiger partial charge on any atom is -0.490 e. The molecule has 0 aromatic heterocycles. The van der Waals surface area contributed by atoms with Gasteiger partial charge in [0.2, 0.25) is 5.17 Å². The van der Waals surface area contributed by atoms with Gasteiger partial charge in [0.15, 0.2) is 5.84 Å². The van der Waals surface area contributed by atoms with E-state index < -0.39 is 5.91 Å². The van der Waals surface area contributed by atoms with Crippen LogP contribution in [0.5, 0.6) is 11.5 Å². The zero-order chi connectivity index (χ0) is 27.6. The van der Waals surface area contributed by atoms with Gasteiger partial charge in [-0.1, -0.05) is 74.9 Å². The number of amidine groups is 2. The molecule has 5 rings (SSSR count). The number of hydrogen-bond donors (Lipinski definition) is 1. The Balaban J connectivity index is 1.18. The van der Waals surface area contributed by atoms with Gasteiger partial charge in [0.25, 0.3) is 5.91 Å². The molecule has 0 radical (unpaired) electrons. The van der Waals surface area contributed by atoms with Crippen LogP contribution in [0.15, 0.2) is 88.5 Å². The summed E-state index contributed by atoms with van der Waals surface area (Å²) in [6, 6.07) is 23.4. The number of fused-ring (bicyclic) bond motifs is 1. The Morgan fingerprint density at radius 2 is 1.49 bits per heavy atom. The number of carbonyl (C=O) groups is 1. The third-order valence-electron chi connectivity index (χ3n) is 6.29. The maximum atomic E-state index is 12.7. The summed E-state index contributed by atoms with van der Waals surface area (Å²) in [7, 11) is 0. The fourth-order valence-corrected chi connectivity index (χ4v) is 4.90. The van der Waals surface area contributed by atoms with Crippen molar-refractivity contribution in [3.63, 3.8) is 0 Å². The smallest absolute Gasteiger partial charge is 0.283 e. The van der Waals surface area contributed by atoms with E-state index in [0.29, 0.717) is 29.2 Å². The van der Waals surface area contributed by atoms with Crippen molar-refractivity contribution in [2.24, 2.45) is 10.1 Å². The molecule has 1 N–H and O–H groups in total. The lowest BCUT2D eigenvalue weighted by Gasteiger charge is -2.20. The molecule has 0 saturated carbocycles. The molecule has 2 heterocycles. The normalized spacial score (nSPS) is 16.2. The molecule has 0 atom stereocenters. The summed E-state index contributed by atoms with van der Waals surface area (Å²) in [5, 5.41) is 15.7. The molecular weight excluding hydrogens is 508 g/mol. The highest BCUT2D eigenvalue weighted by Crippen LogP contribution is 2.31. The number of benzene rings is 3. The van der Waals surface area contributed by atoms with Crippen LogP contribution in [-0.2, 0) is 10.2 Å². The van der Waals surface area contributed by atoms with Crippen molar-refractivity contribution in [2.75, 3.05) is 13.2 Å². The minimum atomic E-state index is -0.452. The van der Waals surface area contributed by atoms with Crippen molar-refractivity contribution in [3.8, 4) is 11.5 Å². The molecule has 0 bridgehead atoms. The van der Waals surface area contributed by atoms with Gasteiger partial charge < -0.3 is 9.47 Å². The van der Waals surface area contributed by atoms with Gasteiger partial charge in [-0.05, 0) is 65.6 Å². The van der Waals surface area contributed by atoms with Crippen LogP contribution in [0, 0.1) is 12.3 Å². The lowest BCUT2D eigenvalue weighted by molar-refractivity contribution is -0.114. The van der Waals surface area contributed by atoms with E-state index in [0.717, 1.165) is 22.4 Å². The quantitative estimate of drug-likeness (QED) is 0.277. The Morgan fingerprint density at radius 1 is 0.897 bits per heavy atom. The molecule has 198 valence electrons. The van der Waals surface area contributed by atoms with Crippen molar-refractivity contribution in [1.82, 2.24) is 5.01 Å². The number of aryl methyl sites for hydroxylation is 1. The first-order chi connectivity index (χ1) is 18.7. The van der Waals surface area contributed by atoms with Crippen LogP contribution < -0.4 is 9.47 Å². The Hall–Kier alpha value is -4.17. The predicted molar refractivity (Wildman–Crippen MR) is 158 cm³/mol. The second kappa shape index (κ2) is 10.9. The third kappa shape index (κ3) is 6.12. The highest BCUT2D eigenvalue weighted by molar-refractivity contribution is 8.27. The number of carbonyl (C=O) groups excluding carboxylic acids is 1. The van der Waals surface area contributed by atoms with Gasteiger partial charge in [-0.2, -0.15) is 15.1 Å². The van der Waals surface area contributed by atoms with Crippen LogP contribution in [0.4, 0.5) is 0 Å². The lowest BCUT2D eigenvalue weighted by atomic mass is 9.87. The average molecular weight is 539 g/mol. The molecule has 39 heavy (non-hydrogen) atoms. The molecule has 2 aliphatic rings. The molecule has 1 amide bonds. The molecule has 0 unspecified atom stereocenters. The van der Waals surface area contributed by atoms with E-state index in [-0.39, 0.29) is 16.8 Å². The number of nitrogens with one attached hydrogen (secondary N) is 1. The fourth-order valence-electron chi connectivity index (χ4n) is 4.00.